The molecule has 2 aromatic rings. The van der Waals surface area contributed by atoms with E-state index in [0.29, 0.717) is 17.1 Å². The molecule has 1 atom stereocenters. The van der Waals surface area contributed by atoms with E-state index in [1.165, 1.54) is 13.0 Å². The number of carbonyl (C=O) groups excluding carboxylic acids is 1. The van der Waals surface area contributed by atoms with Crippen LogP contribution in [-0.4, -0.2) is 25.6 Å². The van der Waals surface area contributed by atoms with Gasteiger partial charge in [-0.15, -0.1) is 0 Å². The van der Waals surface area contributed by atoms with Gasteiger partial charge in [0.25, 0.3) is 15.9 Å². The first-order chi connectivity index (χ1) is 10.8. The minimum absolute atomic E-state index is 0.00382. The summed E-state index contributed by atoms with van der Waals surface area (Å²) in [6.45, 7) is 4.70. The smallest absolute Gasteiger partial charge is 0.267 e. The van der Waals surface area contributed by atoms with Crippen LogP contribution in [-0.2, 0) is 14.8 Å². The fraction of sp³-hybridized carbons (Fsp3) is 0.286. The van der Waals surface area contributed by atoms with Crippen molar-refractivity contribution in [3.8, 4) is 5.75 Å². The van der Waals surface area contributed by atoms with Crippen LogP contribution in [0.2, 0.25) is 0 Å². The number of hydrogen-bond donors (Lipinski definition) is 2. The summed E-state index contributed by atoms with van der Waals surface area (Å²) >= 11 is 0. The van der Waals surface area contributed by atoms with Crippen LogP contribution < -0.4 is 14.8 Å². The van der Waals surface area contributed by atoms with Gasteiger partial charge >= 0.3 is 0 Å². The normalized spacial score (nSPS) is 17.2. The Labute approximate surface area is 132 Å². The van der Waals surface area contributed by atoms with Crippen LogP contribution in [0.1, 0.15) is 18.4 Å². The molecule has 1 aromatic carbocycles. The lowest BCUT2D eigenvalue weighted by Gasteiger charge is -2.23. The summed E-state index contributed by atoms with van der Waals surface area (Å²) < 4.78 is 37.7. The standard InChI is InChI=1S/C14H15N3O5S/c1-7-13(8(2)22-16-7)23(19,20)17-10-4-5-12-11(6-10)15-14(18)9(3)21-12/h4-6,9,17H,1-3H3,(H,15,18). The Balaban J connectivity index is 1.92. The lowest BCUT2D eigenvalue weighted by Crippen LogP contribution is -2.34. The van der Waals surface area contributed by atoms with Crippen LogP contribution in [0.5, 0.6) is 5.75 Å². The minimum atomic E-state index is -3.84. The molecular weight excluding hydrogens is 322 g/mol. The second-order valence-corrected chi connectivity index (χ2v) is 6.84. The molecule has 1 aromatic heterocycles. The third-order valence-electron chi connectivity index (χ3n) is 3.40. The van der Waals surface area contributed by atoms with Crippen LogP contribution in [0.4, 0.5) is 11.4 Å². The Bertz CT molecular complexity index is 868. The van der Waals surface area contributed by atoms with Gasteiger partial charge in [-0.3, -0.25) is 9.52 Å². The molecule has 0 spiro atoms. The lowest BCUT2D eigenvalue weighted by atomic mass is 10.2. The number of ether oxygens (including phenoxy) is 1. The van der Waals surface area contributed by atoms with E-state index in [1.807, 2.05) is 0 Å². The van der Waals surface area contributed by atoms with Crippen molar-refractivity contribution in [2.45, 2.75) is 31.8 Å². The van der Waals surface area contributed by atoms with Gasteiger partial charge in [-0.1, -0.05) is 5.16 Å². The van der Waals surface area contributed by atoms with Gasteiger partial charge in [0.2, 0.25) is 0 Å². The van der Waals surface area contributed by atoms with Gasteiger partial charge in [0, 0.05) is 0 Å². The summed E-state index contributed by atoms with van der Waals surface area (Å²) in [6, 6.07) is 4.64. The van der Waals surface area contributed by atoms with Crippen molar-refractivity contribution in [1.82, 2.24) is 5.16 Å². The van der Waals surface area contributed by atoms with Crippen LogP contribution in [0.15, 0.2) is 27.6 Å². The third kappa shape index (κ3) is 2.74. The number of hydrogen-bond acceptors (Lipinski definition) is 6. The molecule has 8 nitrogen and oxygen atoms in total. The molecular formula is C14H15N3O5S. The fourth-order valence-corrected chi connectivity index (χ4v) is 3.72. The van der Waals surface area contributed by atoms with E-state index < -0.39 is 16.1 Å². The zero-order valence-corrected chi connectivity index (χ0v) is 13.5. The van der Waals surface area contributed by atoms with Crippen LogP contribution >= 0.6 is 0 Å². The Morgan fingerprint density at radius 3 is 2.70 bits per heavy atom. The third-order valence-corrected chi connectivity index (χ3v) is 5.02. The summed E-state index contributed by atoms with van der Waals surface area (Å²) in [4.78, 5) is 11.6. The minimum Gasteiger partial charge on any atom is -0.479 e. The maximum atomic E-state index is 12.5. The largest absolute Gasteiger partial charge is 0.479 e. The summed E-state index contributed by atoms with van der Waals surface area (Å²) in [5.41, 5.74) is 0.979. The van der Waals surface area contributed by atoms with E-state index >= 15 is 0 Å². The van der Waals surface area contributed by atoms with Gasteiger partial charge in [-0.05, 0) is 39.0 Å². The molecule has 9 heteroatoms. The number of carbonyl (C=O) groups is 1. The summed E-state index contributed by atoms with van der Waals surface area (Å²) in [5, 5.41) is 6.31. The molecule has 0 saturated heterocycles. The van der Waals surface area contributed by atoms with Crippen molar-refractivity contribution in [2.24, 2.45) is 0 Å². The number of aryl methyl sites for hydroxylation is 2. The first-order valence-corrected chi connectivity index (χ1v) is 8.33. The summed E-state index contributed by atoms with van der Waals surface area (Å²) in [5.74, 6) is 0.402. The molecule has 1 amide bonds. The molecule has 0 bridgehead atoms. The van der Waals surface area contributed by atoms with Crippen molar-refractivity contribution >= 4 is 27.3 Å². The number of amides is 1. The quantitative estimate of drug-likeness (QED) is 0.884. The second kappa shape index (κ2) is 5.27. The van der Waals surface area contributed by atoms with Crippen molar-refractivity contribution < 1.29 is 22.5 Å². The number of benzene rings is 1. The average molecular weight is 337 g/mol. The number of anilines is 2. The number of rotatable bonds is 3. The highest BCUT2D eigenvalue weighted by atomic mass is 32.2. The predicted octanol–water partition coefficient (Wildman–Crippen LogP) is 1.81. The first-order valence-electron chi connectivity index (χ1n) is 6.85. The molecule has 0 saturated carbocycles. The monoisotopic (exact) mass is 337 g/mol. The molecule has 1 aliphatic heterocycles. The topological polar surface area (TPSA) is 111 Å². The molecule has 3 rings (SSSR count). The predicted molar refractivity (Wildman–Crippen MR) is 81.9 cm³/mol. The van der Waals surface area contributed by atoms with Crippen LogP contribution in [0, 0.1) is 13.8 Å². The maximum absolute atomic E-state index is 12.5. The van der Waals surface area contributed by atoms with Crippen molar-refractivity contribution in [3.05, 3.63) is 29.7 Å². The first kappa shape index (κ1) is 15.3. The lowest BCUT2D eigenvalue weighted by molar-refractivity contribution is -0.122. The van der Waals surface area contributed by atoms with E-state index in [1.54, 1.807) is 26.0 Å². The fourth-order valence-electron chi connectivity index (χ4n) is 2.34. The van der Waals surface area contributed by atoms with E-state index in [9.17, 15) is 13.2 Å². The summed E-state index contributed by atoms with van der Waals surface area (Å²) in [7, 11) is -3.84. The van der Waals surface area contributed by atoms with Crippen LogP contribution in [0.25, 0.3) is 0 Å². The Morgan fingerprint density at radius 2 is 2.04 bits per heavy atom. The molecule has 23 heavy (non-hydrogen) atoms. The number of sulfonamides is 1. The van der Waals surface area contributed by atoms with E-state index in [0.717, 1.165) is 0 Å². The highest BCUT2D eigenvalue weighted by molar-refractivity contribution is 7.92. The van der Waals surface area contributed by atoms with Gasteiger partial charge in [-0.25, -0.2) is 8.42 Å². The Hall–Kier alpha value is -2.55. The number of nitrogens with one attached hydrogen (secondary N) is 2. The van der Waals surface area contributed by atoms with Gasteiger partial charge in [0.05, 0.1) is 11.4 Å². The van der Waals surface area contributed by atoms with Crippen molar-refractivity contribution in [1.29, 1.82) is 0 Å². The second-order valence-electron chi connectivity index (χ2n) is 5.22. The Kier molecular flexibility index (Phi) is 3.52. The molecule has 1 aliphatic rings. The van der Waals surface area contributed by atoms with Gasteiger partial charge < -0.3 is 14.6 Å². The zero-order chi connectivity index (χ0) is 16.8. The Morgan fingerprint density at radius 1 is 1.30 bits per heavy atom. The number of nitrogens with zero attached hydrogens (tertiary/aromatic N) is 1. The van der Waals surface area contributed by atoms with Gasteiger partial charge in [-0.2, -0.15) is 0 Å². The van der Waals surface area contributed by atoms with E-state index in [-0.39, 0.29) is 22.3 Å². The SMILES string of the molecule is Cc1noc(C)c1S(=O)(=O)Nc1ccc2c(c1)NC(=O)C(C)O2. The average Bonchev–Trinajstić information content (AvgIpc) is 2.80. The van der Waals surface area contributed by atoms with Gasteiger partial charge in [0.1, 0.15) is 11.4 Å². The number of aromatic nitrogens is 1. The highest BCUT2D eigenvalue weighted by Gasteiger charge is 2.26. The van der Waals surface area contributed by atoms with Crippen molar-refractivity contribution in [2.75, 3.05) is 10.0 Å². The molecule has 2 heterocycles. The molecule has 0 aliphatic carbocycles. The molecule has 1 unspecified atom stereocenters. The molecule has 122 valence electrons. The van der Waals surface area contributed by atoms with Crippen LogP contribution in [0.3, 0.4) is 0 Å². The zero-order valence-electron chi connectivity index (χ0n) is 12.7. The van der Waals surface area contributed by atoms with Crippen molar-refractivity contribution in [3.63, 3.8) is 0 Å². The van der Waals surface area contributed by atoms with E-state index in [4.69, 9.17) is 9.26 Å². The van der Waals surface area contributed by atoms with E-state index in [2.05, 4.69) is 15.2 Å². The molecule has 0 radical (unpaired) electrons. The molecule has 2 N–H and O–H groups in total. The summed E-state index contributed by atoms with van der Waals surface area (Å²) in [6.07, 6.45) is -0.590. The maximum Gasteiger partial charge on any atom is 0.267 e. The highest BCUT2D eigenvalue weighted by Crippen LogP contribution is 2.33. The number of fused-ring (bicyclic) bond motifs is 1. The molecule has 0 fully saturated rings. The van der Waals surface area contributed by atoms with Gasteiger partial charge in [0.15, 0.2) is 16.8 Å².